The first-order chi connectivity index (χ1) is 15.2. The lowest BCUT2D eigenvalue weighted by Gasteiger charge is -2.38. The van der Waals surface area contributed by atoms with Gasteiger partial charge in [-0.1, -0.05) is 23.7 Å². The summed E-state index contributed by atoms with van der Waals surface area (Å²) in [5, 5.41) is 5.90. The van der Waals surface area contributed by atoms with Crippen LogP contribution in [0.4, 0.5) is 5.69 Å². The Labute approximate surface area is 183 Å². The van der Waals surface area contributed by atoms with Crippen LogP contribution in [0.5, 0.6) is 0 Å². The summed E-state index contributed by atoms with van der Waals surface area (Å²) in [6.45, 7) is 1.67. The number of carbonyl (C=O) groups is 1. The molecule has 2 aliphatic heterocycles. The summed E-state index contributed by atoms with van der Waals surface area (Å²) in [4.78, 5) is 28.7. The molecule has 4 aromatic rings. The van der Waals surface area contributed by atoms with Crippen molar-refractivity contribution < 1.29 is 4.79 Å². The molecule has 1 fully saturated rings. The fourth-order valence-electron chi connectivity index (χ4n) is 4.70. The van der Waals surface area contributed by atoms with E-state index in [1.165, 1.54) is 0 Å². The van der Waals surface area contributed by atoms with E-state index in [-0.39, 0.29) is 5.91 Å². The van der Waals surface area contributed by atoms with Gasteiger partial charge in [0.25, 0.3) is 0 Å². The maximum Gasteiger partial charge on any atom is 0.240 e. The van der Waals surface area contributed by atoms with E-state index in [0.29, 0.717) is 24.7 Å². The molecule has 6 rings (SSSR count). The minimum atomic E-state index is -0.489. The predicted molar refractivity (Wildman–Crippen MR) is 120 cm³/mol. The van der Waals surface area contributed by atoms with Gasteiger partial charge >= 0.3 is 0 Å². The van der Waals surface area contributed by atoms with Gasteiger partial charge < -0.3 is 10.2 Å². The SMILES string of the molecule is O=C1N(Cc2ncc3cc(Cl)ccc3c2-c2cccnc2)c2cnccc2C12CNC2. The predicted octanol–water partition coefficient (Wildman–Crippen LogP) is 3.73. The molecule has 1 saturated heterocycles. The fraction of sp³-hybridized carbons (Fsp3) is 0.167. The number of hydrogen-bond donors (Lipinski definition) is 1. The highest BCUT2D eigenvalue weighted by atomic mass is 35.5. The summed E-state index contributed by atoms with van der Waals surface area (Å²) < 4.78 is 0. The number of nitrogens with zero attached hydrogens (tertiary/aromatic N) is 4. The van der Waals surface area contributed by atoms with Gasteiger partial charge in [-0.15, -0.1) is 0 Å². The van der Waals surface area contributed by atoms with Crippen molar-refractivity contribution in [2.24, 2.45) is 0 Å². The number of fused-ring (bicyclic) bond motifs is 3. The monoisotopic (exact) mass is 427 g/mol. The normalized spacial score (nSPS) is 16.5. The molecule has 31 heavy (non-hydrogen) atoms. The third kappa shape index (κ3) is 2.69. The summed E-state index contributed by atoms with van der Waals surface area (Å²) in [7, 11) is 0. The molecule has 2 aliphatic rings. The van der Waals surface area contributed by atoms with Gasteiger partial charge in [0.1, 0.15) is 5.41 Å². The van der Waals surface area contributed by atoms with E-state index in [0.717, 1.165) is 38.8 Å². The van der Waals surface area contributed by atoms with Crippen molar-refractivity contribution in [3.8, 4) is 11.1 Å². The van der Waals surface area contributed by atoms with Gasteiger partial charge in [-0.05, 0) is 35.2 Å². The molecule has 0 radical (unpaired) electrons. The molecule has 1 amide bonds. The van der Waals surface area contributed by atoms with Crippen LogP contribution in [0, 0.1) is 0 Å². The minimum Gasteiger partial charge on any atom is -0.314 e. The van der Waals surface area contributed by atoms with Crippen molar-refractivity contribution in [1.82, 2.24) is 20.3 Å². The largest absolute Gasteiger partial charge is 0.314 e. The van der Waals surface area contributed by atoms with Crippen molar-refractivity contribution in [2.75, 3.05) is 18.0 Å². The molecule has 3 aromatic heterocycles. The molecule has 6 nitrogen and oxygen atoms in total. The van der Waals surface area contributed by atoms with Crippen LogP contribution in [0.1, 0.15) is 11.3 Å². The number of carbonyl (C=O) groups excluding carboxylic acids is 1. The Hall–Kier alpha value is -3.35. The van der Waals surface area contributed by atoms with Crippen LogP contribution in [0.15, 0.2) is 67.4 Å². The first-order valence-corrected chi connectivity index (χ1v) is 10.5. The van der Waals surface area contributed by atoms with Gasteiger partial charge in [0, 0.05) is 59.4 Å². The average molecular weight is 428 g/mol. The van der Waals surface area contributed by atoms with E-state index in [9.17, 15) is 4.79 Å². The zero-order chi connectivity index (χ0) is 21.0. The Kier molecular flexibility index (Phi) is 4.06. The number of benzene rings is 1. The number of pyridine rings is 3. The molecule has 5 heterocycles. The second kappa shape index (κ2) is 6.83. The first-order valence-electron chi connectivity index (χ1n) is 10.1. The molecule has 0 aliphatic carbocycles. The fourth-order valence-corrected chi connectivity index (χ4v) is 4.88. The van der Waals surface area contributed by atoms with Gasteiger partial charge in [0.2, 0.25) is 5.91 Å². The number of amides is 1. The smallest absolute Gasteiger partial charge is 0.240 e. The molecule has 0 bridgehead atoms. The molecule has 1 aromatic carbocycles. The molecule has 0 unspecified atom stereocenters. The molecule has 1 N–H and O–H groups in total. The van der Waals surface area contributed by atoms with Crippen LogP contribution >= 0.6 is 11.6 Å². The van der Waals surface area contributed by atoms with E-state index < -0.39 is 5.41 Å². The second-order valence-electron chi connectivity index (χ2n) is 8.02. The van der Waals surface area contributed by atoms with Crippen LogP contribution in [-0.2, 0) is 16.8 Å². The Morgan fingerprint density at radius 2 is 1.94 bits per heavy atom. The summed E-state index contributed by atoms with van der Waals surface area (Å²) >= 11 is 6.22. The van der Waals surface area contributed by atoms with E-state index in [1.807, 2.05) is 53.7 Å². The van der Waals surface area contributed by atoms with Gasteiger partial charge in [0.15, 0.2) is 0 Å². The van der Waals surface area contributed by atoms with Crippen LogP contribution in [0.3, 0.4) is 0 Å². The molecule has 152 valence electrons. The summed E-state index contributed by atoms with van der Waals surface area (Å²) in [5.41, 5.74) is 4.15. The Morgan fingerprint density at radius 1 is 1.06 bits per heavy atom. The molecule has 0 atom stereocenters. The van der Waals surface area contributed by atoms with Gasteiger partial charge in [-0.25, -0.2) is 0 Å². The van der Waals surface area contributed by atoms with Crippen LogP contribution in [0.25, 0.3) is 21.9 Å². The summed E-state index contributed by atoms with van der Waals surface area (Å²) in [6, 6.07) is 11.7. The standard InChI is InChI=1S/C24H18ClN5O/c25-17-3-4-18-16(8-17)10-29-20(22(18)15-2-1-6-26-9-15)12-30-21-11-27-7-5-19(21)24(23(30)31)13-28-14-24/h1-11,28H,12-14H2. The van der Waals surface area contributed by atoms with Crippen LogP contribution in [0.2, 0.25) is 5.02 Å². The lowest BCUT2D eigenvalue weighted by atomic mass is 9.77. The van der Waals surface area contributed by atoms with Crippen molar-refractivity contribution in [2.45, 2.75) is 12.0 Å². The van der Waals surface area contributed by atoms with Crippen LogP contribution in [-0.4, -0.2) is 33.9 Å². The van der Waals surface area contributed by atoms with Crippen molar-refractivity contribution in [1.29, 1.82) is 0 Å². The molecule has 7 heteroatoms. The number of aromatic nitrogens is 3. The second-order valence-corrected chi connectivity index (χ2v) is 8.46. The van der Waals surface area contributed by atoms with E-state index >= 15 is 0 Å². The highest BCUT2D eigenvalue weighted by Crippen LogP contribution is 2.45. The average Bonchev–Trinajstić information content (AvgIpc) is 3.02. The minimum absolute atomic E-state index is 0.101. The number of halogens is 1. The van der Waals surface area contributed by atoms with Gasteiger partial charge in [0.05, 0.1) is 24.1 Å². The maximum atomic E-state index is 13.5. The third-order valence-electron chi connectivity index (χ3n) is 6.30. The first kappa shape index (κ1) is 18.4. The number of rotatable bonds is 3. The third-order valence-corrected chi connectivity index (χ3v) is 6.54. The van der Waals surface area contributed by atoms with Gasteiger partial charge in [-0.3, -0.25) is 19.7 Å². The zero-order valence-corrected chi connectivity index (χ0v) is 17.3. The lowest BCUT2D eigenvalue weighted by Crippen LogP contribution is -2.61. The van der Waals surface area contributed by atoms with Crippen LogP contribution < -0.4 is 10.2 Å². The number of nitrogens with one attached hydrogen (secondary N) is 1. The Balaban J connectivity index is 1.52. The summed E-state index contributed by atoms with van der Waals surface area (Å²) in [5.74, 6) is 0.101. The molecule has 1 spiro atoms. The number of hydrogen-bond acceptors (Lipinski definition) is 5. The van der Waals surface area contributed by atoms with E-state index in [1.54, 1.807) is 18.6 Å². The quantitative estimate of drug-likeness (QED) is 0.539. The molecular weight excluding hydrogens is 410 g/mol. The van der Waals surface area contributed by atoms with E-state index in [4.69, 9.17) is 16.6 Å². The van der Waals surface area contributed by atoms with E-state index in [2.05, 4.69) is 15.3 Å². The topological polar surface area (TPSA) is 71.0 Å². The highest BCUT2D eigenvalue weighted by Gasteiger charge is 2.54. The highest BCUT2D eigenvalue weighted by molar-refractivity contribution is 6.31. The van der Waals surface area contributed by atoms with Gasteiger partial charge in [-0.2, -0.15) is 0 Å². The number of anilines is 1. The van der Waals surface area contributed by atoms with Crippen molar-refractivity contribution >= 4 is 34.0 Å². The maximum absolute atomic E-state index is 13.5. The van der Waals surface area contributed by atoms with Crippen molar-refractivity contribution in [3.05, 3.63) is 83.7 Å². The zero-order valence-electron chi connectivity index (χ0n) is 16.5. The molecular formula is C24H18ClN5O. The summed E-state index contributed by atoms with van der Waals surface area (Å²) in [6.07, 6.45) is 8.94. The molecule has 0 saturated carbocycles. The van der Waals surface area contributed by atoms with Crippen molar-refractivity contribution in [3.63, 3.8) is 0 Å². The Morgan fingerprint density at radius 3 is 2.71 bits per heavy atom. The lowest BCUT2D eigenvalue weighted by molar-refractivity contribution is -0.125. The Bertz CT molecular complexity index is 1340.